The van der Waals surface area contributed by atoms with Gasteiger partial charge in [-0.2, -0.15) is 0 Å². The predicted molar refractivity (Wildman–Crippen MR) is 47.9 cm³/mol. The third kappa shape index (κ3) is 2.69. The van der Waals surface area contributed by atoms with E-state index in [1.54, 1.807) is 11.8 Å². The van der Waals surface area contributed by atoms with Gasteiger partial charge in [-0.25, -0.2) is 0 Å². The standard InChI is InChI=1S/C8H15N3O2/c1-6(9)8(13)11-4-2-7(12)10-3-5-11/h6H,2-5,9H2,1H3,(H,10,12)/t6-/m1/s1. The molecule has 0 saturated carbocycles. The van der Waals surface area contributed by atoms with Gasteiger partial charge in [-0.15, -0.1) is 0 Å². The molecule has 0 aromatic carbocycles. The molecule has 0 aromatic heterocycles. The molecule has 5 heteroatoms. The Morgan fingerprint density at radius 2 is 2.31 bits per heavy atom. The summed E-state index contributed by atoms with van der Waals surface area (Å²) in [6.07, 6.45) is 0.373. The minimum atomic E-state index is -0.479. The van der Waals surface area contributed by atoms with Crippen molar-refractivity contribution in [2.75, 3.05) is 19.6 Å². The zero-order chi connectivity index (χ0) is 9.84. The van der Waals surface area contributed by atoms with Crippen molar-refractivity contribution in [2.24, 2.45) is 5.73 Å². The number of hydrogen-bond acceptors (Lipinski definition) is 3. The van der Waals surface area contributed by atoms with Gasteiger partial charge >= 0.3 is 0 Å². The van der Waals surface area contributed by atoms with Crippen molar-refractivity contribution in [3.05, 3.63) is 0 Å². The zero-order valence-electron chi connectivity index (χ0n) is 7.75. The molecule has 3 N–H and O–H groups in total. The smallest absolute Gasteiger partial charge is 0.239 e. The molecule has 0 spiro atoms. The van der Waals surface area contributed by atoms with Crippen molar-refractivity contribution >= 4 is 11.8 Å². The van der Waals surface area contributed by atoms with Crippen LogP contribution in [0.5, 0.6) is 0 Å². The molecular formula is C8H15N3O2. The van der Waals surface area contributed by atoms with Gasteiger partial charge in [0, 0.05) is 26.1 Å². The van der Waals surface area contributed by atoms with Gasteiger partial charge in [0.2, 0.25) is 11.8 Å². The first-order chi connectivity index (χ1) is 6.11. The fraction of sp³-hybridized carbons (Fsp3) is 0.750. The number of nitrogens with two attached hydrogens (primary N) is 1. The third-order valence-corrected chi connectivity index (χ3v) is 2.01. The molecule has 0 bridgehead atoms. The van der Waals surface area contributed by atoms with E-state index in [1.165, 1.54) is 0 Å². The van der Waals surface area contributed by atoms with E-state index in [4.69, 9.17) is 5.73 Å². The average Bonchev–Trinajstić information content (AvgIpc) is 2.28. The summed E-state index contributed by atoms with van der Waals surface area (Å²) >= 11 is 0. The molecule has 0 aliphatic carbocycles. The first kappa shape index (κ1) is 9.98. The van der Waals surface area contributed by atoms with Crippen LogP contribution in [-0.4, -0.2) is 42.4 Å². The van der Waals surface area contributed by atoms with Crippen molar-refractivity contribution < 1.29 is 9.59 Å². The van der Waals surface area contributed by atoms with E-state index >= 15 is 0 Å². The summed E-state index contributed by atoms with van der Waals surface area (Å²) in [4.78, 5) is 24.0. The van der Waals surface area contributed by atoms with E-state index in [2.05, 4.69) is 5.32 Å². The molecular weight excluding hydrogens is 170 g/mol. The van der Waals surface area contributed by atoms with Crippen LogP contribution in [0.2, 0.25) is 0 Å². The molecule has 1 heterocycles. The first-order valence-corrected chi connectivity index (χ1v) is 4.42. The van der Waals surface area contributed by atoms with Gasteiger partial charge in [-0.3, -0.25) is 9.59 Å². The highest BCUT2D eigenvalue weighted by Gasteiger charge is 2.20. The molecule has 1 fully saturated rings. The van der Waals surface area contributed by atoms with E-state index in [0.29, 0.717) is 26.1 Å². The average molecular weight is 185 g/mol. The lowest BCUT2D eigenvalue weighted by molar-refractivity contribution is -0.132. The fourth-order valence-corrected chi connectivity index (χ4v) is 1.28. The Morgan fingerprint density at radius 3 is 2.92 bits per heavy atom. The largest absolute Gasteiger partial charge is 0.354 e. The minimum Gasteiger partial charge on any atom is -0.354 e. The van der Waals surface area contributed by atoms with Gasteiger partial charge in [0.25, 0.3) is 0 Å². The van der Waals surface area contributed by atoms with E-state index in [-0.39, 0.29) is 11.8 Å². The van der Waals surface area contributed by atoms with Crippen molar-refractivity contribution in [3.8, 4) is 0 Å². The van der Waals surface area contributed by atoms with Crippen LogP contribution in [0.1, 0.15) is 13.3 Å². The number of nitrogens with zero attached hydrogens (tertiary/aromatic N) is 1. The molecule has 1 saturated heterocycles. The lowest BCUT2D eigenvalue weighted by Crippen LogP contribution is -2.43. The number of nitrogens with one attached hydrogen (secondary N) is 1. The van der Waals surface area contributed by atoms with Crippen molar-refractivity contribution in [1.29, 1.82) is 0 Å². The first-order valence-electron chi connectivity index (χ1n) is 4.42. The molecule has 13 heavy (non-hydrogen) atoms. The number of rotatable bonds is 1. The summed E-state index contributed by atoms with van der Waals surface area (Å²) in [6, 6.07) is -0.479. The van der Waals surface area contributed by atoms with Gasteiger partial charge < -0.3 is 16.0 Å². The van der Waals surface area contributed by atoms with Crippen LogP contribution in [0.4, 0.5) is 0 Å². The Morgan fingerprint density at radius 1 is 1.62 bits per heavy atom. The summed E-state index contributed by atoms with van der Waals surface area (Å²) in [7, 11) is 0. The normalized spacial score (nSPS) is 20.5. The number of hydrogen-bond donors (Lipinski definition) is 2. The highest BCUT2D eigenvalue weighted by atomic mass is 16.2. The fourth-order valence-electron chi connectivity index (χ4n) is 1.28. The van der Waals surface area contributed by atoms with Crippen molar-refractivity contribution in [3.63, 3.8) is 0 Å². The van der Waals surface area contributed by atoms with E-state index < -0.39 is 6.04 Å². The van der Waals surface area contributed by atoms with Crippen LogP contribution in [0.25, 0.3) is 0 Å². The molecule has 2 amide bonds. The van der Waals surface area contributed by atoms with E-state index in [9.17, 15) is 9.59 Å². The summed E-state index contributed by atoms with van der Waals surface area (Å²) < 4.78 is 0. The predicted octanol–water partition coefficient (Wildman–Crippen LogP) is -1.32. The molecule has 1 rings (SSSR count). The van der Waals surface area contributed by atoms with Crippen LogP contribution in [-0.2, 0) is 9.59 Å². The van der Waals surface area contributed by atoms with E-state index in [1.807, 2.05) is 0 Å². The number of carbonyl (C=O) groups excluding carboxylic acids is 2. The second-order valence-corrected chi connectivity index (χ2v) is 3.21. The Hall–Kier alpha value is -1.10. The quantitative estimate of drug-likeness (QED) is 0.532. The molecule has 5 nitrogen and oxygen atoms in total. The summed E-state index contributed by atoms with van der Waals surface area (Å²) in [5.41, 5.74) is 5.46. The van der Waals surface area contributed by atoms with Crippen molar-refractivity contribution in [1.82, 2.24) is 10.2 Å². The highest BCUT2D eigenvalue weighted by molar-refractivity contribution is 5.83. The molecule has 1 atom stereocenters. The molecule has 0 unspecified atom stereocenters. The van der Waals surface area contributed by atoms with Crippen LogP contribution in [0, 0.1) is 0 Å². The monoisotopic (exact) mass is 185 g/mol. The number of carbonyl (C=O) groups is 2. The third-order valence-electron chi connectivity index (χ3n) is 2.01. The van der Waals surface area contributed by atoms with Gasteiger partial charge in [0.05, 0.1) is 6.04 Å². The summed E-state index contributed by atoms with van der Waals surface area (Å²) in [5.74, 6) is -0.0866. The Balaban J connectivity index is 2.51. The van der Waals surface area contributed by atoms with Gasteiger partial charge in [0.1, 0.15) is 0 Å². The maximum Gasteiger partial charge on any atom is 0.239 e. The van der Waals surface area contributed by atoms with E-state index in [0.717, 1.165) is 0 Å². The Labute approximate surface area is 77.3 Å². The zero-order valence-corrected chi connectivity index (χ0v) is 7.75. The van der Waals surface area contributed by atoms with Gasteiger partial charge in [0.15, 0.2) is 0 Å². The van der Waals surface area contributed by atoms with Crippen LogP contribution in [0.15, 0.2) is 0 Å². The van der Waals surface area contributed by atoms with Crippen molar-refractivity contribution in [2.45, 2.75) is 19.4 Å². The molecule has 1 aliphatic heterocycles. The maximum absolute atomic E-state index is 11.4. The highest BCUT2D eigenvalue weighted by Crippen LogP contribution is 1.98. The Bertz CT molecular complexity index is 215. The SMILES string of the molecule is C[C@@H](N)C(=O)N1CCNC(=O)CC1. The summed E-state index contributed by atoms with van der Waals surface area (Å²) in [5, 5.41) is 2.69. The van der Waals surface area contributed by atoms with Gasteiger partial charge in [-0.1, -0.05) is 0 Å². The molecule has 1 aliphatic rings. The summed E-state index contributed by atoms with van der Waals surface area (Å²) in [6.45, 7) is 3.22. The lowest BCUT2D eigenvalue weighted by atomic mass is 10.3. The van der Waals surface area contributed by atoms with Crippen LogP contribution in [0.3, 0.4) is 0 Å². The van der Waals surface area contributed by atoms with Crippen LogP contribution < -0.4 is 11.1 Å². The number of amides is 2. The second kappa shape index (κ2) is 4.23. The Kier molecular flexibility index (Phi) is 3.25. The molecule has 0 aromatic rings. The molecule has 0 radical (unpaired) electrons. The molecule has 74 valence electrons. The minimum absolute atomic E-state index is 0.0000236. The second-order valence-electron chi connectivity index (χ2n) is 3.21. The maximum atomic E-state index is 11.4. The topological polar surface area (TPSA) is 75.4 Å². The van der Waals surface area contributed by atoms with Crippen LogP contribution >= 0.6 is 0 Å². The lowest BCUT2D eigenvalue weighted by Gasteiger charge is -2.21. The van der Waals surface area contributed by atoms with Gasteiger partial charge in [-0.05, 0) is 6.92 Å².